The second kappa shape index (κ2) is 8.03. The van der Waals surface area contributed by atoms with E-state index in [-0.39, 0.29) is 5.91 Å². The van der Waals surface area contributed by atoms with E-state index in [1.807, 2.05) is 24.3 Å². The molecular weight excluding hydrogens is 264 g/mol. The van der Waals surface area contributed by atoms with E-state index in [1.54, 1.807) is 0 Å². The van der Waals surface area contributed by atoms with Crippen molar-refractivity contribution in [2.45, 2.75) is 39.2 Å². The fourth-order valence-corrected chi connectivity index (χ4v) is 2.84. The molecule has 0 saturated carbocycles. The van der Waals surface area contributed by atoms with Gasteiger partial charge in [-0.1, -0.05) is 26.0 Å². The number of likely N-dealkylation sites (N-methyl/N-ethyl adjacent to an activating group) is 1. The number of benzene rings is 1. The standard InChI is InChI=1S/C17H26N2O2/c1-3-12-21-16-10-6-5-9-15(16)17(20)18-13-14-8-7-11-19(14)4-2/h5-6,9-10,14H,3-4,7-8,11-13H2,1-2H3,(H,18,20)/t14-/m0/s1. The van der Waals surface area contributed by atoms with Crippen LogP contribution >= 0.6 is 0 Å². The molecule has 21 heavy (non-hydrogen) atoms. The number of likely N-dealkylation sites (tertiary alicyclic amines) is 1. The van der Waals surface area contributed by atoms with Crippen molar-refractivity contribution in [1.29, 1.82) is 0 Å². The first-order valence-corrected chi connectivity index (χ1v) is 8.00. The quantitative estimate of drug-likeness (QED) is 0.839. The number of ether oxygens (including phenoxy) is 1. The molecule has 2 rings (SSSR count). The highest BCUT2D eigenvalue weighted by atomic mass is 16.5. The number of rotatable bonds is 7. The summed E-state index contributed by atoms with van der Waals surface area (Å²) in [5.74, 6) is 0.639. The summed E-state index contributed by atoms with van der Waals surface area (Å²) in [6.07, 6.45) is 3.33. The van der Waals surface area contributed by atoms with Crippen LogP contribution in [0.5, 0.6) is 5.75 Å². The van der Waals surface area contributed by atoms with Crippen LogP contribution in [0.15, 0.2) is 24.3 Å². The van der Waals surface area contributed by atoms with E-state index in [0.29, 0.717) is 24.0 Å². The third-order valence-corrected chi connectivity index (χ3v) is 4.00. The largest absolute Gasteiger partial charge is 0.493 e. The van der Waals surface area contributed by atoms with Crippen LogP contribution < -0.4 is 10.1 Å². The Labute approximate surface area is 127 Å². The van der Waals surface area contributed by atoms with Gasteiger partial charge < -0.3 is 10.1 Å². The monoisotopic (exact) mass is 290 g/mol. The first-order valence-electron chi connectivity index (χ1n) is 8.00. The number of hydrogen-bond donors (Lipinski definition) is 1. The second-order valence-electron chi connectivity index (χ2n) is 5.48. The van der Waals surface area contributed by atoms with Crippen LogP contribution in [-0.4, -0.2) is 43.1 Å². The van der Waals surface area contributed by atoms with Crippen molar-refractivity contribution in [3.63, 3.8) is 0 Å². The number of nitrogens with one attached hydrogen (secondary N) is 1. The molecule has 1 aromatic carbocycles. The Morgan fingerprint density at radius 2 is 2.19 bits per heavy atom. The SMILES string of the molecule is CCCOc1ccccc1C(=O)NC[C@@H]1CCCN1CC. The van der Waals surface area contributed by atoms with E-state index >= 15 is 0 Å². The molecule has 0 aromatic heterocycles. The van der Waals surface area contributed by atoms with Crippen LogP contribution in [0.25, 0.3) is 0 Å². The summed E-state index contributed by atoms with van der Waals surface area (Å²) >= 11 is 0. The molecule has 1 aliphatic heterocycles. The summed E-state index contributed by atoms with van der Waals surface area (Å²) in [5.41, 5.74) is 0.631. The summed E-state index contributed by atoms with van der Waals surface area (Å²) in [5, 5.41) is 3.06. The Morgan fingerprint density at radius 1 is 1.38 bits per heavy atom. The lowest BCUT2D eigenvalue weighted by Gasteiger charge is -2.23. The van der Waals surface area contributed by atoms with E-state index in [0.717, 1.165) is 26.1 Å². The molecule has 116 valence electrons. The molecular formula is C17H26N2O2. The lowest BCUT2D eigenvalue weighted by molar-refractivity contribution is 0.0937. The maximum atomic E-state index is 12.4. The molecule has 1 aromatic rings. The number of carbonyl (C=O) groups excluding carboxylic acids is 1. The van der Waals surface area contributed by atoms with E-state index in [4.69, 9.17) is 4.74 Å². The molecule has 1 N–H and O–H groups in total. The Bertz CT molecular complexity index is 462. The van der Waals surface area contributed by atoms with Gasteiger partial charge in [0, 0.05) is 12.6 Å². The molecule has 4 heteroatoms. The number of hydrogen-bond acceptors (Lipinski definition) is 3. The van der Waals surface area contributed by atoms with Crippen molar-refractivity contribution < 1.29 is 9.53 Å². The van der Waals surface area contributed by atoms with Gasteiger partial charge in [0.05, 0.1) is 12.2 Å². The van der Waals surface area contributed by atoms with Gasteiger partial charge in [-0.2, -0.15) is 0 Å². The first kappa shape index (κ1) is 15.8. The predicted molar refractivity (Wildman–Crippen MR) is 84.8 cm³/mol. The third kappa shape index (κ3) is 4.21. The van der Waals surface area contributed by atoms with Crippen molar-refractivity contribution in [2.24, 2.45) is 0 Å². The minimum Gasteiger partial charge on any atom is -0.493 e. The normalized spacial score (nSPS) is 18.7. The molecule has 1 saturated heterocycles. The van der Waals surface area contributed by atoms with Crippen molar-refractivity contribution in [2.75, 3.05) is 26.2 Å². The highest BCUT2D eigenvalue weighted by Gasteiger charge is 2.23. The molecule has 1 atom stereocenters. The number of amides is 1. The van der Waals surface area contributed by atoms with Gasteiger partial charge in [-0.25, -0.2) is 0 Å². The summed E-state index contributed by atoms with van der Waals surface area (Å²) in [4.78, 5) is 14.8. The zero-order valence-corrected chi connectivity index (χ0v) is 13.1. The molecule has 0 unspecified atom stereocenters. The van der Waals surface area contributed by atoms with Crippen LogP contribution in [0, 0.1) is 0 Å². The Balaban J connectivity index is 1.94. The van der Waals surface area contributed by atoms with Gasteiger partial charge in [0.1, 0.15) is 5.75 Å². The average molecular weight is 290 g/mol. The van der Waals surface area contributed by atoms with Crippen molar-refractivity contribution >= 4 is 5.91 Å². The first-order chi connectivity index (χ1) is 10.3. The van der Waals surface area contributed by atoms with Crippen molar-refractivity contribution in [3.05, 3.63) is 29.8 Å². The lowest BCUT2D eigenvalue weighted by Crippen LogP contribution is -2.40. The number of carbonyl (C=O) groups is 1. The Hall–Kier alpha value is -1.55. The minimum absolute atomic E-state index is 0.0374. The lowest BCUT2D eigenvalue weighted by atomic mass is 10.1. The van der Waals surface area contributed by atoms with Crippen molar-refractivity contribution in [1.82, 2.24) is 10.2 Å². The van der Waals surface area contributed by atoms with Gasteiger partial charge in [0.15, 0.2) is 0 Å². The summed E-state index contributed by atoms with van der Waals surface area (Å²) in [6.45, 7) is 7.78. The van der Waals surface area contributed by atoms with Gasteiger partial charge >= 0.3 is 0 Å². The van der Waals surface area contributed by atoms with E-state index in [1.165, 1.54) is 12.8 Å². The van der Waals surface area contributed by atoms with Gasteiger partial charge in [-0.05, 0) is 44.5 Å². The molecule has 1 amide bonds. The number of para-hydroxylation sites is 1. The Morgan fingerprint density at radius 3 is 2.95 bits per heavy atom. The fourth-order valence-electron chi connectivity index (χ4n) is 2.84. The maximum Gasteiger partial charge on any atom is 0.255 e. The van der Waals surface area contributed by atoms with E-state index in [2.05, 4.69) is 24.1 Å². The van der Waals surface area contributed by atoms with E-state index < -0.39 is 0 Å². The zero-order chi connectivity index (χ0) is 15.1. The van der Waals surface area contributed by atoms with Crippen LogP contribution in [0.1, 0.15) is 43.5 Å². The van der Waals surface area contributed by atoms with Gasteiger partial charge in [-0.3, -0.25) is 9.69 Å². The molecule has 4 nitrogen and oxygen atoms in total. The molecule has 0 spiro atoms. The van der Waals surface area contributed by atoms with Crippen LogP contribution in [0.4, 0.5) is 0 Å². The number of nitrogens with zero attached hydrogens (tertiary/aromatic N) is 1. The molecule has 1 fully saturated rings. The fraction of sp³-hybridized carbons (Fsp3) is 0.588. The van der Waals surface area contributed by atoms with Crippen LogP contribution in [0.2, 0.25) is 0 Å². The third-order valence-electron chi connectivity index (χ3n) is 4.00. The van der Waals surface area contributed by atoms with Crippen molar-refractivity contribution in [3.8, 4) is 5.75 Å². The molecule has 0 aliphatic carbocycles. The maximum absolute atomic E-state index is 12.4. The topological polar surface area (TPSA) is 41.6 Å². The zero-order valence-electron chi connectivity index (χ0n) is 13.1. The van der Waals surface area contributed by atoms with Crippen LogP contribution in [0.3, 0.4) is 0 Å². The smallest absolute Gasteiger partial charge is 0.255 e. The molecule has 1 heterocycles. The highest BCUT2D eigenvalue weighted by molar-refractivity contribution is 5.96. The van der Waals surface area contributed by atoms with Gasteiger partial charge in [0.25, 0.3) is 5.91 Å². The highest BCUT2D eigenvalue weighted by Crippen LogP contribution is 2.19. The van der Waals surface area contributed by atoms with Gasteiger partial charge in [-0.15, -0.1) is 0 Å². The molecule has 0 bridgehead atoms. The van der Waals surface area contributed by atoms with Crippen LogP contribution in [-0.2, 0) is 0 Å². The van der Waals surface area contributed by atoms with E-state index in [9.17, 15) is 4.79 Å². The molecule has 0 radical (unpaired) electrons. The predicted octanol–water partition coefficient (Wildman–Crippen LogP) is 2.69. The molecule has 1 aliphatic rings. The average Bonchev–Trinajstić information content (AvgIpc) is 2.98. The minimum atomic E-state index is -0.0374. The summed E-state index contributed by atoms with van der Waals surface area (Å²) in [7, 11) is 0. The second-order valence-corrected chi connectivity index (χ2v) is 5.48. The summed E-state index contributed by atoms with van der Waals surface area (Å²) in [6, 6.07) is 7.94. The Kier molecular flexibility index (Phi) is 6.05. The van der Waals surface area contributed by atoms with Gasteiger partial charge in [0.2, 0.25) is 0 Å². The summed E-state index contributed by atoms with van der Waals surface area (Å²) < 4.78 is 5.65.